The van der Waals surface area contributed by atoms with Crippen molar-refractivity contribution in [2.75, 3.05) is 0 Å². The van der Waals surface area contributed by atoms with Crippen LogP contribution >= 0.6 is 0 Å². The molecule has 2 rings (SSSR count). The van der Waals surface area contributed by atoms with Crippen molar-refractivity contribution in [1.82, 2.24) is 10.2 Å². The quantitative estimate of drug-likeness (QED) is 0.911. The summed E-state index contributed by atoms with van der Waals surface area (Å²) < 4.78 is 0. The molecule has 0 aromatic heterocycles. The Balaban J connectivity index is 2.25. The molecule has 0 bridgehead atoms. The summed E-state index contributed by atoms with van der Waals surface area (Å²) in [5.41, 5.74) is 2.35. The van der Waals surface area contributed by atoms with Gasteiger partial charge in [0.15, 0.2) is 0 Å². The zero-order valence-electron chi connectivity index (χ0n) is 12.3. The molecule has 1 heterocycles. The van der Waals surface area contributed by atoms with Gasteiger partial charge in [0.1, 0.15) is 12.1 Å². The minimum absolute atomic E-state index is 0.0190. The fraction of sp³-hybridized carbons (Fsp3) is 0.500. The number of hydrogen-bond acceptors (Lipinski definition) is 2. The van der Waals surface area contributed by atoms with Crippen molar-refractivity contribution < 1.29 is 9.59 Å². The van der Waals surface area contributed by atoms with Gasteiger partial charge in [0.05, 0.1) is 0 Å². The number of carbonyl (C=O) groups excluding carboxylic acids is 2. The molecular weight excluding hydrogens is 252 g/mol. The highest BCUT2D eigenvalue weighted by Crippen LogP contribution is 2.18. The fourth-order valence-electron chi connectivity index (χ4n) is 2.62. The van der Waals surface area contributed by atoms with E-state index in [9.17, 15) is 9.59 Å². The summed E-state index contributed by atoms with van der Waals surface area (Å²) in [6, 6.07) is 7.30. The molecule has 1 fully saturated rings. The van der Waals surface area contributed by atoms with E-state index in [4.69, 9.17) is 0 Å². The van der Waals surface area contributed by atoms with Gasteiger partial charge in [-0.15, -0.1) is 0 Å². The van der Waals surface area contributed by atoms with Crippen LogP contribution in [0.3, 0.4) is 0 Å². The topological polar surface area (TPSA) is 49.4 Å². The number of rotatable bonds is 4. The second-order valence-electron chi connectivity index (χ2n) is 5.23. The van der Waals surface area contributed by atoms with Gasteiger partial charge in [0.2, 0.25) is 11.8 Å². The van der Waals surface area contributed by atoms with Crippen molar-refractivity contribution in [2.45, 2.75) is 52.2 Å². The predicted octanol–water partition coefficient (Wildman–Crippen LogP) is 1.87. The molecule has 20 heavy (non-hydrogen) atoms. The predicted molar refractivity (Wildman–Crippen MR) is 78.1 cm³/mol. The first-order valence-electron chi connectivity index (χ1n) is 7.26. The highest BCUT2D eigenvalue weighted by molar-refractivity contribution is 5.96. The maximum absolute atomic E-state index is 12.4. The molecule has 2 amide bonds. The van der Waals surface area contributed by atoms with Crippen LogP contribution in [0.15, 0.2) is 24.3 Å². The number of amides is 2. The van der Waals surface area contributed by atoms with Gasteiger partial charge in [0, 0.05) is 6.54 Å². The molecule has 0 radical (unpaired) electrons. The largest absolute Gasteiger partial charge is 0.343 e. The van der Waals surface area contributed by atoms with E-state index in [1.165, 1.54) is 5.56 Å². The van der Waals surface area contributed by atoms with Crippen molar-refractivity contribution >= 4 is 11.8 Å². The number of piperazine rings is 1. The lowest BCUT2D eigenvalue weighted by atomic mass is 10.0. The average Bonchev–Trinajstić information content (AvgIpc) is 2.47. The normalized spacial score (nSPS) is 22.9. The Morgan fingerprint density at radius 1 is 1.15 bits per heavy atom. The van der Waals surface area contributed by atoms with Crippen LogP contribution in [0.4, 0.5) is 0 Å². The Morgan fingerprint density at radius 2 is 1.80 bits per heavy atom. The highest BCUT2D eigenvalue weighted by atomic mass is 16.2. The summed E-state index contributed by atoms with van der Waals surface area (Å²) >= 11 is 0. The van der Waals surface area contributed by atoms with Gasteiger partial charge >= 0.3 is 0 Å². The molecule has 1 aromatic rings. The van der Waals surface area contributed by atoms with E-state index < -0.39 is 6.04 Å². The molecule has 1 aliphatic heterocycles. The van der Waals surface area contributed by atoms with Gasteiger partial charge in [-0.1, -0.05) is 38.1 Å². The monoisotopic (exact) mass is 274 g/mol. The van der Waals surface area contributed by atoms with E-state index in [0.717, 1.165) is 12.0 Å². The SMILES string of the molecule is CCc1ccccc1CN1C(=O)C(CC)NC(=O)C1C. The summed E-state index contributed by atoms with van der Waals surface area (Å²) in [6.07, 6.45) is 1.55. The van der Waals surface area contributed by atoms with Crippen molar-refractivity contribution in [3.8, 4) is 0 Å². The van der Waals surface area contributed by atoms with E-state index in [1.54, 1.807) is 11.8 Å². The first kappa shape index (κ1) is 14.6. The number of nitrogens with one attached hydrogen (secondary N) is 1. The lowest BCUT2D eigenvalue weighted by Gasteiger charge is -2.37. The smallest absolute Gasteiger partial charge is 0.246 e. The second-order valence-corrected chi connectivity index (χ2v) is 5.23. The van der Waals surface area contributed by atoms with Gasteiger partial charge in [-0.05, 0) is 30.9 Å². The van der Waals surface area contributed by atoms with Gasteiger partial charge in [0.25, 0.3) is 0 Å². The van der Waals surface area contributed by atoms with E-state index in [2.05, 4.69) is 18.3 Å². The molecular formula is C16H22N2O2. The number of carbonyl (C=O) groups is 2. The van der Waals surface area contributed by atoms with E-state index in [0.29, 0.717) is 13.0 Å². The van der Waals surface area contributed by atoms with E-state index in [1.807, 2.05) is 25.1 Å². The minimum atomic E-state index is -0.407. The third-order valence-electron chi connectivity index (χ3n) is 3.99. The molecule has 2 atom stereocenters. The first-order chi connectivity index (χ1) is 9.58. The fourth-order valence-corrected chi connectivity index (χ4v) is 2.62. The maximum atomic E-state index is 12.4. The van der Waals surface area contributed by atoms with Crippen LogP contribution in [0, 0.1) is 0 Å². The second kappa shape index (κ2) is 6.07. The highest BCUT2D eigenvalue weighted by Gasteiger charge is 2.37. The minimum Gasteiger partial charge on any atom is -0.343 e. The molecule has 4 nitrogen and oxygen atoms in total. The third-order valence-corrected chi connectivity index (χ3v) is 3.99. The van der Waals surface area contributed by atoms with Crippen LogP contribution in [0.25, 0.3) is 0 Å². The molecule has 0 spiro atoms. The molecule has 1 saturated heterocycles. The number of nitrogens with zero attached hydrogens (tertiary/aromatic N) is 1. The number of benzene rings is 1. The Bertz CT molecular complexity index is 513. The molecule has 1 N–H and O–H groups in total. The third kappa shape index (κ3) is 2.69. The standard InChI is InChI=1S/C16H22N2O2/c1-4-12-8-6-7-9-13(12)10-18-11(3)15(19)17-14(5-2)16(18)20/h6-9,11,14H,4-5,10H2,1-3H3,(H,17,19). The number of hydrogen-bond donors (Lipinski definition) is 1. The van der Waals surface area contributed by atoms with E-state index in [-0.39, 0.29) is 17.9 Å². The van der Waals surface area contributed by atoms with Crippen LogP contribution in [0.5, 0.6) is 0 Å². The molecule has 1 aromatic carbocycles. The van der Waals surface area contributed by atoms with Gasteiger partial charge in [-0.2, -0.15) is 0 Å². The van der Waals surface area contributed by atoms with E-state index >= 15 is 0 Å². The first-order valence-corrected chi connectivity index (χ1v) is 7.26. The Labute approximate surface area is 120 Å². The lowest BCUT2D eigenvalue weighted by molar-refractivity contribution is -0.149. The molecule has 1 aliphatic rings. The molecule has 4 heteroatoms. The molecule has 0 aliphatic carbocycles. The summed E-state index contributed by atoms with van der Waals surface area (Å²) in [7, 11) is 0. The lowest BCUT2D eigenvalue weighted by Crippen LogP contribution is -2.61. The van der Waals surface area contributed by atoms with Crippen molar-refractivity contribution in [3.05, 3.63) is 35.4 Å². The van der Waals surface area contributed by atoms with Crippen molar-refractivity contribution in [1.29, 1.82) is 0 Å². The van der Waals surface area contributed by atoms with Gasteiger partial charge in [-0.25, -0.2) is 0 Å². The molecule has 0 saturated carbocycles. The summed E-state index contributed by atoms with van der Waals surface area (Å²) in [5.74, 6) is -0.0454. The Morgan fingerprint density at radius 3 is 2.40 bits per heavy atom. The summed E-state index contributed by atoms with van der Waals surface area (Å²) in [4.78, 5) is 26.1. The number of aryl methyl sites for hydroxylation is 1. The maximum Gasteiger partial charge on any atom is 0.246 e. The zero-order valence-corrected chi connectivity index (χ0v) is 12.3. The van der Waals surface area contributed by atoms with Gasteiger partial charge in [-0.3, -0.25) is 9.59 Å². The van der Waals surface area contributed by atoms with Crippen LogP contribution in [-0.2, 0) is 22.6 Å². The Hall–Kier alpha value is -1.84. The van der Waals surface area contributed by atoms with Crippen LogP contribution in [0.1, 0.15) is 38.3 Å². The average molecular weight is 274 g/mol. The van der Waals surface area contributed by atoms with Crippen LogP contribution < -0.4 is 5.32 Å². The van der Waals surface area contributed by atoms with Gasteiger partial charge < -0.3 is 10.2 Å². The summed E-state index contributed by atoms with van der Waals surface area (Å²) in [6.45, 7) is 6.31. The summed E-state index contributed by atoms with van der Waals surface area (Å²) in [5, 5.41) is 2.78. The van der Waals surface area contributed by atoms with Crippen LogP contribution in [-0.4, -0.2) is 28.8 Å². The van der Waals surface area contributed by atoms with Crippen LogP contribution in [0.2, 0.25) is 0 Å². The van der Waals surface area contributed by atoms with Crippen molar-refractivity contribution in [3.63, 3.8) is 0 Å². The molecule has 2 unspecified atom stereocenters. The zero-order chi connectivity index (χ0) is 14.7. The Kier molecular flexibility index (Phi) is 4.42. The van der Waals surface area contributed by atoms with Crippen molar-refractivity contribution in [2.24, 2.45) is 0 Å². The molecule has 108 valence electrons.